The summed E-state index contributed by atoms with van der Waals surface area (Å²) in [6, 6.07) is 0.790. The minimum atomic E-state index is -2.59. The number of hydrogen-bond acceptors (Lipinski definition) is 5. The Morgan fingerprint density at radius 3 is 2.16 bits per heavy atom. The van der Waals surface area contributed by atoms with Gasteiger partial charge in [-0.25, -0.2) is 4.31 Å². The topological polar surface area (TPSA) is 71.1 Å². The molecule has 0 saturated heterocycles. The van der Waals surface area contributed by atoms with E-state index in [4.69, 9.17) is 13.3 Å². The smallest absolute Gasteiger partial charge is 0.500 e. The Labute approximate surface area is 119 Å². The Morgan fingerprint density at radius 2 is 1.74 bits per heavy atom. The van der Waals surface area contributed by atoms with Crippen molar-refractivity contribution in [2.24, 2.45) is 0 Å². The predicted molar refractivity (Wildman–Crippen MR) is 74.1 cm³/mol. The molecule has 114 valence electrons. The zero-order valence-electron chi connectivity index (χ0n) is 11.9. The summed E-state index contributed by atoms with van der Waals surface area (Å²) >= 11 is -2.15. The minimum Gasteiger partial charge on any atom is -0.760 e. The highest BCUT2D eigenvalue weighted by Crippen LogP contribution is 2.25. The van der Waals surface area contributed by atoms with E-state index in [2.05, 4.69) is 0 Å². The van der Waals surface area contributed by atoms with Crippen LogP contribution in [0.5, 0.6) is 0 Å². The van der Waals surface area contributed by atoms with Crippen molar-refractivity contribution >= 4 is 20.1 Å². The van der Waals surface area contributed by atoms with E-state index in [0.29, 0.717) is 19.0 Å². The highest BCUT2D eigenvalue weighted by Gasteiger charge is 2.37. The Morgan fingerprint density at radius 1 is 1.21 bits per heavy atom. The number of rotatable bonds is 9. The Hall–Kier alpha value is 0.167. The van der Waals surface area contributed by atoms with Gasteiger partial charge in [-0.1, -0.05) is 12.8 Å². The summed E-state index contributed by atoms with van der Waals surface area (Å²) in [6.07, 6.45) is 4.85. The second-order valence-corrected chi connectivity index (χ2v) is 8.69. The lowest BCUT2D eigenvalue weighted by Gasteiger charge is -2.31. The SMILES string of the molecule is CO[Si](CCCN(C1CCCC1)S(=O)[O-])(OC)OC. The van der Waals surface area contributed by atoms with Crippen LogP contribution in [-0.2, 0) is 24.5 Å². The molecule has 0 aromatic carbocycles. The molecule has 0 aromatic heterocycles. The average Bonchev–Trinajstić information content (AvgIpc) is 2.93. The van der Waals surface area contributed by atoms with Crippen molar-refractivity contribution in [1.82, 2.24) is 4.31 Å². The van der Waals surface area contributed by atoms with Crippen molar-refractivity contribution in [3.8, 4) is 0 Å². The standard InChI is InChI=1S/C11H25NO5SSi/c1-15-19(16-2,17-3)10-6-9-12(18(13)14)11-7-4-5-8-11/h11H,4-10H2,1-3H3,(H,13,14)/p-1. The van der Waals surface area contributed by atoms with Crippen molar-refractivity contribution in [3.05, 3.63) is 0 Å². The van der Waals surface area contributed by atoms with Crippen molar-refractivity contribution in [3.63, 3.8) is 0 Å². The lowest BCUT2D eigenvalue weighted by Crippen LogP contribution is -2.44. The van der Waals surface area contributed by atoms with Crippen LogP contribution in [-0.4, -0.2) is 55.8 Å². The lowest BCUT2D eigenvalue weighted by molar-refractivity contribution is 0.122. The summed E-state index contributed by atoms with van der Waals surface area (Å²) in [5.74, 6) is 0. The number of nitrogens with zero attached hydrogens (tertiary/aromatic N) is 1. The molecule has 1 aliphatic carbocycles. The number of hydrogen-bond donors (Lipinski definition) is 0. The second-order valence-electron chi connectivity index (χ2n) is 4.70. The fraction of sp³-hybridized carbons (Fsp3) is 1.00. The van der Waals surface area contributed by atoms with Gasteiger partial charge < -0.3 is 17.8 Å². The monoisotopic (exact) mass is 310 g/mol. The first-order valence-corrected chi connectivity index (χ1v) is 9.56. The molecule has 1 fully saturated rings. The fourth-order valence-corrected chi connectivity index (χ4v) is 5.01. The van der Waals surface area contributed by atoms with Gasteiger partial charge in [0.05, 0.1) is 0 Å². The van der Waals surface area contributed by atoms with Crippen LogP contribution >= 0.6 is 0 Å². The molecule has 1 unspecified atom stereocenters. The molecule has 1 aliphatic rings. The molecule has 0 aliphatic heterocycles. The summed E-state index contributed by atoms with van der Waals surface area (Å²) in [7, 11) is 2.12. The molecule has 0 N–H and O–H groups in total. The summed E-state index contributed by atoms with van der Waals surface area (Å²) in [4.78, 5) is 0. The van der Waals surface area contributed by atoms with Crippen LogP contribution in [0.15, 0.2) is 0 Å². The highest BCUT2D eigenvalue weighted by atomic mass is 32.2. The molecule has 0 aromatic rings. The van der Waals surface area contributed by atoms with E-state index in [-0.39, 0.29) is 6.04 Å². The van der Waals surface area contributed by atoms with Gasteiger partial charge in [0.2, 0.25) is 0 Å². The highest BCUT2D eigenvalue weighted by molar-refractivity contribution is 7.76. The van der Waals surface area contributed by atoms with E-state index in [1.54, 1.807) is 25.6 Å². The van der Waals surface area contributed by atoms with Crippen molar-refractivity contribution in [2.75, 3.05) is 27.9 Å². The second kappa shape index (κ2) is 8.45. The maximum absolute atomic E-state index is 11.3. The van der Waals surface area contributed by atoms with E-state index in [9.17, 15) is 8.76 Å². The summed E-state index contributed by atoms with van der Waals surface area (Å²) in [5, 5.41) is 0. The van der Waals surface area contributed by atoms with Gasteiger partial charge in [0.1, 0.15) is 0 Å². The first-order chi connectivity index (χ1) is 9.08. The van der Waals surface area contributed by atoms with Crippen molar-refractivity contribution in [2.45, 2.75) is 44.2 Å². The Kier molecular flexibility index (Phi) is 7.66. The van der Waals surface area contributed by atoms with Crippen LogP contribution in [0.3, 0.4) is 0 Å². The normalized spacial score (nSPS) is 19.2. The fourth-order valence-electron chi connectivity index (χ4n) is 2.58. The Balaban J connectivity index is 2.45. The maximum atomic E-state index is 11.3. The van der Waals surface area contributed by atoms with Gasteiger partial charge in [0, 0.05) is 51.2 Å². The molecular formula is C11H24NO5SSi-. The third-order valence-corrected chi connectivity index (χ3v) is 7.41. The first kappa shape index (κ1) is 17.2. The molecule has 1 rings (SSSR count). The maximum Gasteiger partial charge on any atom is 0.500 e. The van der Waals surface area contributed by atoms with Gasteiger partial charge in [-0.2, -0.15) is 0 Å². The van der Waals surface area contributed by atoms with Gasteiger partial charge in [0.15, 0.2) is 0 Å². The van der Waals surface area contributed by atoms with Crippen LogP contribution in [0.4, 0.5) is 0 Å². The zero-order valence-corrected chi connectivity index (χ0v) is 13.7. The van der Waals surface area contributed by atoms with Crippen molar-refractivity contribution < 1.29 is 22.0 Å². The van der Waals surface area contributed by atoms with Gasteiger partial charge in [-0.3, -0.25) is 4.21 Å². The van der Waals surface area contributed by atoms with E-state index < -0.39 is 20.1 Å². The van der Waals surface area contributed by atoms with Crippen LogP contribution in [0, 0.1) is 0 Å². The molecule has 0 heterocycles. The molecule has 19 heavy (non-hydrogen) atoms. The van der Waals surface area contributed by atoms with E-state index in [0.717, 1.165) is 25.7 Å². The molecular weight excluding hydrogens is 286 g/mol. The molecule has 8 heteroatoms. The Bertz CT molecular complexity index is 276. The third kappa shape index (κ3) is 4.89. The first-order valence-electron chi connectivity index (χ1n) is 6.60. The summed E-state index contributed by atoms with van der Waals surface area (Å²) in [5.41, 5.74) is 0. The van der Waals surface area contributed by atoms with E-state index in [1.807, 2.05) is 0 Å². The van der Waals surface area contributed by atoms with Crippen LogP contribution < -0.4 is 0 Å². The van der Waals surface area contributed by atoms with Crippen LogP contribution in [0.25, 0.3) is 0 Å². The summed E-state index contributed by atoms with van der Waals surface area (Å²) < 4.78 is 40.1. The molecule has 0 amide bonds. The molecule has 6 nitrogen and oxygen atoms in total. The van der Waals surface area contributed by atoms with Gasteiger partial charge in [-0.15, -0.1) is 0 Å². The van der Waals surface area contributed by atoms with Gasteiger partial charge in [0.25, 0.3) is 0 Å². The zero-order chi connectivity index (χ0) is 14.3. The average molecular weight is 310 g/mol. The van der Waals surface area contributed by atoms with Gasteiger partial charge in [-0.05, 0) is 19.3 Å². The van der Waals surface area contributed by atoms with Crippen molar-refractivity contribution in [1.29, 1.82) is 0 Å². The predicted octanol–water partition coefficient (Wildman–Crippen LogP) is 1.29. The quantitative estimate of drug-likeness (QED) is 0.474. The van der Waals surface area contributed by atoms with E-state index in [1.165, 1.54) is 0 Å². The molecule has 1 atom stereocenters. The molecule has 0 spiro atoms. The van der Waals surface area contributed by atoms with E-state index >= 15 is 0 Å². The van der Waals surface area contributed by atoms with Gasteiger partial charge >= 0.3 is 8.80 Å². The van der Waals surface area contributed by atoms with Crippen LogP contribution in [0.2, 0.25) is 6.04 Å². The molecule has 1 saturated carbocycles. The molecule has 0 radical (unpaired) electrons. The molecule has 0 bridgehead atoms. The third-order valence-electron chi connectivity index (χ3n) is 3.72. The lowest BCUT2D eigenvalue weighted by atomic mass is 10.2. The van der Waals surface area contributed by atoms with Crippen LogP contribution in [0.1, 0.15) is 32.1 Å². The largest absolute Gasteiger partial charge is 0.760 e. The minimum absolute atomic E-state index is 0.169. The summed E-state index contributed by atoms with van der Waals surface area (Å²) in [6.45, 7) is 0.506.